The van der Waals surface area contributed by atoms with E-state index >= 15 is 0 Å². The summed E-state index contributed by atoms with van der Waals surface area (Å²) in [6.45, 7) is 2.49. The Kier molecular flexibility index (Phi) is 6.24. The van der Waals surface area contributed by atoms with Crippen LogP contribution in [-0.4, -0.2) is 54.1 Å². The number of hydrogen-bond donors (Lipinski definition) is 0. The Bertz CT molecular complexity index is 1020. The molecule has 2 heterocycles. The second-order valence-corrected chi connectivity index (χ2v) is 10.1. The first-order valence-electron chi connectivity index (χ1n) is 12.5. The molecule has 1 saturated carbocycles. The topological polar surface area (TPSA) is 59.1 Å². The minimum absolute atomic E-state index is 0.234. The highest BCUT2D eigenvalue weighted by atomic mass is 16.6. The van der Waals surface area contributed by atoms with E-state index in [0.29, 0.717) is 32.6 Å². The van der Waals surface area contributed by atoms with Crippen LogP contribution in [0.1, 0.15) is 56.1 Å². The van der Waals surface area contributed by atoms with Gasteiger partial charge < -0.3 is 14.4 Å². The van der Waals surface area contributed by atoms with Crippen LogP contribution in [0.4, 0.5) is 4.79 Å². The molecule has 6 heteroatoms. The van der Waals surface area contributed by atoms with Crippen LogP contribution >= 0.6 is 0 Å². The van der Waals surface area contributed by atoms with Gasteiger partial charge in [-0.2, -0.15) is 0 Å². The highest BCUT2D eigenvalue weighted by molar-refractivity contribution is 5.88. The fourth-order valence-corrected chi connectivity index (χ4v) is 6.07. The molecule has 0 N–H and O–H groups in total. The summed E-state index contributed by atoms with van der Waals surface area (Å²) < 4.78 is 11.3. The Labute approximate surface area is 201 Å². The highest BCUT2D eigenvalue weighted by Gasteiger charge is 2.49. The van der Waals surface area contributed by atoms with E-state index in [2.05, 4.69) is 12.1 Å². The fraction of sp³-hybridized carbons (Fsp3) is 0.500. The molecular weight excluding hydrogens is 428 g/mol. The van der Waals surface area contributed by atoms with Crippen LogP contribution in [0.25, 0.3) is 0 Å². The first kappa shape index (κ1) is 22.8. The third kappa shape index (κ3) is 4.26. The summed E-state index contributed by atoms with van der Waals surface area (Å²) >= 11 is 0. The Morgan fingerprint density at radius 2 is 1.68 bits per heavy atom. The summed E-state index contributed by atoms with van der Waals surface area (Å²) in [5.74, 6) is 1.04. The maximum absolute atomic E-state index is 14.0. The molecule has 0 bridgehead atoms. The molecule has 6 nitrogen and oxygen atoms in total. The first-order chi connectivity index (χ1) is 16.5. The van der Waals surface area contributed by atoms with E-state index in [-0.39, 0.29) is 12.0 Å². The summed E-state index contributed by atoms with van der Waals surface area (Å²) in [5, 5.41) is 0. The van der Waals surface area contributed by atoms with Gasteiger partial charge in [-0.05, 0) is 48.9 Å². The molecule has 0 radical (unpaired) electrons. The molecule has 2 aliphatic heterocycles. The van der Waals surface area contributed by atoms with Crippen molar-refractivity contribution in [2.24, 2.45) is 0 Å². The molecule has 3 aliphatic rings. The molecule has 1 aliphatic carbocycles. The van der Waals surface area contributed by atoms with E-state index in [4.69, 9.17) is 9.47 Å². The molecular formula is C28H34N2O4. The summed E-state index contributed by atoms with van der Waals surface area (Å²) in [4.78, 5) is 30.5. The third-order valence-electron chi connectivity index (χ3n) is 7.95. The predicted octanol–water partition coefficient (Wildman–Crippen LogP) is 4.91. The lowest BCUT2D eigenvalue weighted by Crippen LogP contribution is -2.46. The normalized spacial score (nSPS) is 24.2. The van der Waals surface area contributed by atoms with Crippen LogP contribution in [0, 0.1) is 0 Å². The van der Waals surface area contributed by atoms with Gasteiger partial charge >= 0.3 is 6.09 Å². The molecule has 2 aromatic rings. The Morgan fingerprint density at radius 1 is 0.941 bits per heavy atom. The summed E-state index contributed by atoms with van der Waals surface area (Å²) in [6, 6.07) is 18.1. The molecule has 2 amide bonds. The van der Waals surface area contributed by atoms with Gasteiger partial charge in [0.25, 0.3) is 0 Å². The van der Waals surface area contributed by atoms with Crippen LogP contribution in [0.3, 0.4) is 0 Å². The average Bonchev–Trinajstić information content (AvgIpc) is 3.41. The van der Waals surface area contributed by atoms with Crippen molar-refractivity contribution >= 4 is 12.0 Å². The zero-order valence-corrected chi connectivity index (χ0v) is 20.0. The number of ether oxygens (including phenoxy) is 2. The maximum Gasteiger partial charge on any atom is 0.410 e. The van der Waals surface area contributed by atoms with Crippen LogP contribution < -0.4 is 4.74 Å². The predicted molar refractivity (Wildman–Crippen MR) is 130 cm³/mol. The fourth-order valence-electron chi connectivity index (χ4n) is 6.07. The molecule has 0 unspecified atom stereocenters. The van der Waals surface area contributed by atoms with E-state index in [1.807, 2.05) is 52.3 Å². The lowest BCUT2D eigenvalue weighted by atomic mass is 9.77. The molecule has 0 aromatic heterocycles. The van der Waals surface area contributed by atoms with E-state index < -0.39 is 11.0 Å². The van der Waals surface area contributed by atoms with Gasteiger partial charge in [-0.25, -0.2) is 4.79 Å². The number of benzene rings is 2. The second-order valence-electron chi connectivity index (χ2n) is 10.1. The quantitative estimate of drug-likeness (QED) is 0.634. The van der Waals surface area contributed by atoms with E-state index in [1.165, 1.54) is 0 Å². The van der Waals surface area contributed by atoms with Gasteiger partial charge in [0.1, 0.15) is 11.4 Å². The number of hydrogen-bond acceptors (Lipinski definition) is 4. The number of likely N-dealkylation sites (tertiary alicyclic amines) is 1. The largest absolute Gasteiger partial charge is 0.497 e. The standard InChI is InChI=1S/C28H34N2O4/c1-33-24-12-10-23(11-13-24)28(15-5-6-16-28)25(31)29-18-7-14-27(17-19-29)21-30(26(32)34-27)20-22-8-3-2-4-9-22/h2-4,8-13H,5-7,14-21H2,1H3/t27-/m0/s1. The van der Waals surface area contributed by atoms with Crippen LogP contribution in [-0.2, 0) is 21.5 Å². The molecule has 34 heavy (non-hydrogen) atoms. The minimum atomic E-state index is -0.496. The van der Waals surface area contributed by atoms with Gasteiger partial charge in [-0.3, -0.25) is 9.69 Å². The summed E-state index contributed by atoms with van der Waals surface area (Å²) in [6.07, 6.45) is 6.01. The Morgan fingerprint density at radius 3 is 2.38 bits per heavy atom. The zero-order valence-electron chi connectivity index (χ0n) is 20.0. The number of carbonyl (C=O) groups excluding carboxylic acids is 2. The van der Waals surface area contributed by atoms with E-state index in [9.17, 15) is 9.59 Å². The zero-order chi connectivity index (χ0) is 23.6. The third-order valence-corrected chi connectivity index (χ3v) is 7.95. The van der Waals surface area contributed by atoms with Crippen molar-refractivity contribution in [3.8, 4) is 5.75 Å². The van der Waals surface area contributed by atoms with E-state index in [1.54, 1.807) is 7.11 Å². The van der Waals surface area contributed by atoms with E-state index in [0.717, 1.165) is 55.4 Å². The molecule has 2 saturated heterocycles. The molecule has 5 rings (SSSR count). The Hall–Kier alpha value is -3.02. The van der Waals surface area contributed by atoms with Crippen molar-refractivity contribution in [3.63, 3.8) is 0 Å². The minimum Gasteiger partial charge on any atom is -0.497 e. The smallest absolute Gasteiger partial charge is 0.410 e. The number of rotatable bonds is 5. The van der Waals surface area contributed by atoms with Crippen molar-refractivity contribution in [3.05, 3.63) is 65.7 Å². The number of carbonyl (C=O) groups is 2. The molecule has 2 aromatic carbocycles. The lowest BCUT2D eigenvalue weighted by molar-refractivity contribution is -0.137. The highest BCUT2D eigenvalue weighted by Crippen LogP contribution is 2.44. The SMILES string of the molecule is COc1ccc(C2(C(=O)N3CCC[C@]4(CC3)CN(Cc3ccccc3)C(=O)O4)CCCC2)cc1. The van der Waals surface area contributed by atoms with Crippen molar-refractivity contribution < 1.29 is 19.1 Å². The van der Waals surface area contributed by atoms with Crippen LogP contribution in [0.15, 0.2) is 54.6 Å². The van der Waals surface area contributed by atoms with Crippen LogP contribution in [0.5, 0.6) is 5.75 Å². The van der Waals surface area contributed by atoms with Crippen molar-refractivity contribution in [2.45, 2.75) is 62.5 Å². The molecule has 180 valence electrons. The van der Waals surface area contributed by atoms with Gasteiger partial charge in [-0.1, -0.05) is 55.3 Å². The Balaban J connectivity index is 1.29. The number of nitrogens with zero attached hydrogens (tertiary/aromatic N) is 2. The van der Waals surface area contributed by atoms with Gasteiger partial charge in [0, 0.05) is 26.1 Å². The first-order valence-corrected chi connectivity index (χ1v) is 12.5. The van der Waals surface area contributed by atoms with Crippen LogP contribution in [0.2, 0.25) is 0 Å². The second kappa shape index (κ2) is 9.32. The van der Waals surface area contributed by atoms with Gasteiger partial charge in [0.05, 0.1) is 19.1 Å². The van der Waals surface area contributed by atoms with Crippen molar-refractivity contribution in [1.29, 1.82) is 0 Å². The monoisotopic (exact) mass is 462 g/mol. The summed E-state index contributed by atoms with van der Waals surface area (Å²) in [5.41, 5.74) is 1.25. The van der Waals surface area contributed by atoms with Crippen molar-refractivity contribution in [2.75, 3.05) is 26.7 Å². The number of methoxy groups -OCH3 is 1. The van der Waals surface area contributed by atoms with Crippen molar-refractivity contribution in [1.82, 2.24) is 9.80 Å². The molecule has 3 fully saturated rings. The maximum atomic E-state index is 14.0. The summed E-state index contributed by atoms with van der Waals surface area (Å²) in [7, 11) is 1.66. The van der Waals surface area contributed by atoms with Gasteiger partial charge in [0.15, 0.2) is 0 Å². The average molecular weight is 463 g/mol. The number of amides is 2. The van der Waals surface area contributed by atoms with Gasteiger partial charge in [0.2, 0.25) is 5.91 Å². The molecule has 1 spiro atoms. The molecule has 1 atom stereocenters. The van der Waals surface area contributed by atoms with Gasteiger partial charge in [-0.15, -0.1) is 0 Å². The lowest BCUT2D eigenvalue weighted by Gasteiger charge is -2.35.